The van der Waals surface area contributed by atoms with Crippen LogP contribution >= 0.6 is 0 Å². The van der Waals surface area contributed by atoms with Gasteiger partial charge in [-0.2, -0.15) is 0 Å². The number of ketones is 1. The lowest BCUT2D eigenvalue weighted by Crippen LogP contribution is -2.30. The Balaban J connectivity index is 3.09. The first kappa shape index (κ1) is 13.4. The molecule has 17 heavy (non-hydrogen) atoms. The summed E-state index contributed by atoms with van der Waals surface area (Å²) in [4.78, 5) is 23.9. The molecular formula is C14H18O3. The molecule has 1 aromatic rings. The molecule has 1 aromatic carbocycles. The van der Waals surface area contributed by atoms with Crippen LogP contribution in [-0.2, 0) is 9.53 Å². The van der Waals surface area contributed by atoms with Gasteiger partial charge in [-0.05, 0) is 18.4 Å². The minimum Gasteiger partial charge on any atom is -0.468 e. The highest BCUT2D eigenvalue weighted by atomic mass is 16.5. The average Bonchev–Trinajstić information content (AvgIpc) is 2.28. The quantitative estimate of drug-likeness (QED) is 0.457. The van der Waals surface area contributed by atoms with Crippen LogP contribution in [0.2, 0.25) is 0 Å². The highest BCUT2D eigenvalue weighted by Gasteiger charge is 2.31. The summed E-state index contributed by atoms with van der Waals surface area (Å²) >= 11 is 0. The first-order valence-electron chi connectivity index (χ1n) is 5.66. The standard InChI is InChI=1S/C14H18O3/c1-9(2)12(14(16)17-4)13(15)11-8-6-5-7-10(11)3/h5-9,12H,1-4H3. The van der Waals surface area contributed by atoms with Gasteiger partial charge in [0.05, 0.1) is 7.11 Å². The number of rotatable bonds is 4. The Morgan fingerprint density at radius 2 is 1.76 bits per heavy atom. The Morgan fingerprint density at radius 3 is 2.24 bits per heavy atom. The molecule has 1 rings (SSSR count). The van der Waals surface area contributed by atoms with E-state index in [0.29, 0.717) is 5.56 Å². The van der Waals surface area contributed by atoms with Gasteiger partial charge in [0.25, 0.3) is 0 Å². The van der Waals surface area contributed by atoms with Crippen molar-refractivity contribution in [3.8, 4) is 0 Å². The molecule has 0 spiro atoms. The summed E-state index contributed by atoms with van der Waals surface area (Å²) in [5.74, 6) is -1.42. The third-order valence-corrected chi connectivity index (χ3v) is 2.81. The number of hydrogen-bond acceptors (Lipinski definition) is 3. The van der Waals surface area contributed by atoms with Crippen LogP contribution in [0.25, 0.3) is 0 Å². The third-order valence-electron chi connectivity index (χ3n) is 2.81. The topological polar surface area (TPSA) is 43.4 Å². The zero-order valence-corrected chi connectivity index (χ0v) is 10.7. The predicted octanol–water partition coefficient (Wildman–Crippen LogP) is 2.62. The SMILES string of the molecule is COC(=O)C(C(=O)c1ccccc1C)C(C)C. The zero-order valence-electron chi connectivity index (χ0n) is 10.7. The molecule has 0 aromatic heterocycles. The van der Waals surface area contributed by atoms with Crippen LogP contribution in [-0.4, -0.2) is 18.9 Å². The van der Waals surface area contributed by atoms with Crippen molar-refractivity contribution in [2.24, 2.45) is 11.8 Å². The molecule has 3 nitrogen and oxygen atoms in total. The van der Waals surface area contributed by atoms with E-state index in [9.17, 15) is 9.59 Å². The molecule has 0 bridgehead atoms. The van der Waals surface area contributed by atoms with E-state index in [1.165, 1.54) is 7.11 Å². The number of carbonyl (C=O) groups excluding carboxylic acids is 2. The highest BCUT2D eigenvalue weighted by Crippen LogP contribution is 2.20. The van der Waals surface area contributed by atoms with E-state index in [0.717, 1.165) is 5.56 Å². The van der Waals surface area contributed by atoms with Gasteiger partial charge in [-0.15, -0.1) is 0 Å². The summed E-state index contributed by atoms with van der Waals surface area (Å²) in [6, 6.07) is 7.28. The molecule has 0 amide bonds. The fourth-order valence-corrected chi connectivity index (χ4v) is 1.83. The summed E-state index contributed by atoms with van der Waals surface area (Å²) in [5, 5.41) is 0. The van der Waals surface area contributed by atoms with Gasteiger partial charge in [-0.3, -0.25) is 9.59 Å². The molecular weight excluding hydrogens is 216 g/mol. The smallest absolute Gasteiger partial charge is 0.316 e. The van der Waals surface area contributed by atoms with Crippen LogP contribution in [0, 0.1) is 18.8 Å². The monoisotopic (exact) mass is 234 g/mol. The summed E-state index contributed by atoms with van der Waals surface area (Å²) in [6.45, 7) is 5.55. The molecule has 0 aliphatic rings. The third kappa shape index (κ3) is 2.93. The van der Waals surface area contributed by atoms with E-state index in [1.54, 1.807) is 12.1 Å². The molecule has 0 aliphatic heterocycles. The summed E-state index contributed by atoms with van der Waals surface area (Å²) < 4.78 is 4.70. The molecule has 0 radical (unpaired) electrons. The summed E-state index contributed by atoms with van der Waals surface area (Å²) in [7, 11) is 1.31. The van der Waals surface area contributed by atoms with Crippen LogP contribution < -0.4 is 0 Å². The molecule has 0 saturated carbocycles. The summed E-state index contributed by atoms with van der Waals surface area (Å²) in [6.07, 6.45) is 0. The molecule has 3 heteroatoms. The van der Waals surface area contributed by atoms with Gasteiger partial charge in [-0.1, -0.05) is 38.1 Å². The molecule has 0 saturated heterocycles. The molecule has 1 unspecified atom stereocenters. The van der Waals surface area contributed by atoms with E-state index in [1.807, 2.05) is 32.9 Å². The maximum absolute atomic E-state index is 12.3. The number of hydrogen-bond donors (Lipinski definition) is 0. The number of aryl methyl sites for hydroxylation is 1. The number of methoxy groups -OCH3 is 1. The maximum atomic E-state index is 12.3. The van der Waals surface area contributed by atoms with E-state index in [-0.39, 0.29) is 11.7 Å². The van der Waals surface area contributed by atoms with Gasteiger partial charge in [0, 0.05) is 5.56 Å². The Morgan fingerprint density at radius 1 is 1.18 bits per heavy atom. The fraction of sp³-hybridized carbons (Fsp3) is 0.429. The number of carbonyl (C=O) groups is 2. The maximum Gasteiger partial charge on any atom is 0.316 e. The Bertz CT molecular complexity index is 421. The average molecular weight is 234 g/mol. The first-order valence-corrected chi connectivity index (χ1v) is 5.66. The lowest BCUT2D eigenvalue weighted by Gasteiger charge is -2.17. The highest BCUT2D eigenvalue weighted by molar-refractivity contribution is 6.09. The van der Waals surface area contributed by atoms with Crippen molar-refractivity contribution in [2.45, 2.75) is 20.8 Å². The van der Waals surface area contributed by atoms with Gasteiger partial charge in [0.2, 0.25) is 0 Å². The van der Waals surface area contributed by atoms with Crippen molar-refractivity contribution >= 4 is 11.8 Å². The number of ether oxygens (including phenoxy) is 1. The molecule has 0 aliphatic carbocycles. The Kier molecular flexibility index (Phi) is 4.44. The zero-order chi connectivity index (χ0) is 13.0. The van der Waals surface area contributed by atoms with Crippen molar-refractivity contribution in [3.63, 3.8) is 0 Å². The number of esters is 1. The van der Waals surface area contributed by atoms with Crippen molar-refractivity contribution in [3.05, 3.63) is 35.4 Å². The van der Waals surface area contributed by atoms with Crippen molar-refractivity contribution < 1.29 is 14.3 Å². The summed E-state index contributed by atoms with van der Waals surface area (Å²) in [5.41, 5.74) is 1.48. The molecule has 1 atom stereocenters. The van der Waals surface area contributed by atoms with Crippen molar-refractivity contribution in [1.29, 1.82) is 0 Å². The number of benzene rings is 1. The van der Waals surface area contributed by atoms with Crippen LogP contribution in [0.15, 0.2) is 24.3 Å². The fourth-order valence-electron chi connectivity index (χ4n) is 1.83. The van der Waals surface area contributed by atoms with E-state index in [2.05, 4.69) is 0 Å². The van der Waals surface area contributed by atoms with Crippen LogP contribution in [0.3, 0.4) is 0 Å². The minimum atomic E-state index is -0.721. The molecule has 0 heterocycles. The lowest BCUT2D eigenvalue weighted by molar-refractivity contribution is -0.144. The van der Waals surface area contributed by atoms with Crippen molar-refractivity contribution in [1.82, 2.24) is 0 Å². The molecule has 0 fully saturated rings. The van der Waals surface area contributed by atoms with E-state index in [4.69, 9.17) is 4.74 Å². The van der Waals surface area contributed by atoms with Crippen LogP contribution in [0.5, 0.6) is 0 Å². The largest absolute Gasteiger partial charge is 0.468 e. The Labute approximate surface area is 102 Å². The molecule has 0 N–H and O–H groups in total. The van der Waals surface area contributed by atoms with E-state index < -0.39 is 11.9 Å². The van der Waals surface area contributed by atoms with Crippen molar-refractivity contribution in [2.75, 3.05) is 7.11 Å². The van der Waals surface area contributed by atoms with Crippen LogP contribution in [0.1, 0.15) is 29.8 Å². The van der Waals surface area contributed by atoms with Crippen LogP contribution in [0.4, 0.5) is 0 Å². The van der Waals surface area contributed by atoms with Gasteiger partial charge in [0.1, 0.15) is 5.92 Å². The molecule has 92 valence electrons. The second-order valence-electron chi connectivity index (χ2n) is 4.42. The first-order chi connectivity index (χ1) is 7.99. The van der Waals surface area contributed by atoms with Gasteiger partial charge >= 0.3 is 5.97 Å². The predicted molar refractivity (Wildman–Crippen MR) is 65.9 cm³/mol. The normalized spacial score (nSPS) is 12.3. The minimum absolute atomic E-state index is 0.0745. The van der Waals surface area contributed by atoms with E-state index >= 15 is 0 Å². The Hall–Kier alpha value is -1.64. The second kappa shape index (κ2) is 5.62. The van der Waals surface area contributed by atoms with Gasteiger partial charge in [0.15, 0.2) is 5.78 Å². The second-order valence-corrected chi connectivity index (χ2v) is 4.42. The number of Topliss-reactive ketones (excluding diaryl/α,β-unsaturated/α-hetero) is 1. The van der Waals surface area contributed by atoms with Gasteiger partial charge < -0.3 is 4.74 Å². The lowest BCUT2D eigenvalue weighted by atomic mass is 9.86. The van der Waals surface area contributed by atoms with Gasteiger partial charge in [-0.25, -0.2) is 0 Å².